The maximum atomic E-state index is 6.87. The van der Waals surface area contributed by atoms with Crippen LogP contribution in [0.2, 0.25) is 0 Å². The fraction of sp³-hybridized carbons (Fsp3) is 0.588. The van der Waals surface area contributed by atoms with Gasteiger partial charge in [-0.2, -0.15) is 0 Å². The van der Waals surface area contributed by atoms with Crippen molar-refractivity contribution in [1.29, 1.82) is 0 Å². The SMILES string of the molecule is CCCCCCON1C(OCc2ccccc2)=C(OCC(CC)CCCC)C(c2ccccc2)N(CC)N1CC. The third kappa shape index (κ3) is 8.98. The molecule has 1 heterocycles. The number of hydrazine groups is 2. The molecule has 0 N–H and O–H groups in total. The topological polar surface area (TPSA) is 37.4 Å². The van der Waals surface area contributed by atoms with Crippen LogP contribution >= 0.6 is 0 Å². The number of nitrogens with zero attached hydrogens (tertiary/aromatic N) is 3. The minimum absolute atomic E-state index is 0.111. The van der Waals surface area contributed by atoms with E-state index in [9.17, 15) is 0 Å². The molecule has 6 heteroatoms. The summed E-state index contributed by atoms with van der Waals surface area (Å²) in [5.74, 6) is 1.99. The Balaban J connectivity index is 2.05. The molecule has 1 aliphatic heterocycles. The molecule has 0 aromatic heterocycles. The predicted octanol–water partition coefficient (Wildman–Crippen LogP) is 8.65. The fourth-order valence-corrected chi connectivity index (χ4v) is 5.21. The minimum Gasteiger partial charge on any atom is -0.490 e. The standard InChI is InChI=1S/C34H53N3O3/c1-6-11-13-20-26-40-37-34(39-28-30-22-16-14-17-23-30)33(38-27-29(8-3)21-12-7-2)32(31-24-18-15-19-25-31)35(9-4)36(37)10-5/h14-19,22-25,29,32H,6-13,20-21,26-28H2,1-5H3. The first-order chi connectivity index (χ1) is 19.7. The molecule has 0 amide bonds. The number of benzene rings is 2. The zero-order valence-electron chi connectivity index (χ0n) is 25.7. The highest BCUT2D eigenvalue weighted by Gasteiger charge is 2.43. The second-order valence-corrected chi connectivity index (χ2v) is 10.6. The van der Waals surface area contributed by atoms with Crippen molar-refractivity contribution in [3.05, 3.63) is 83.4 Å². The Morgan fingerprint density at radius 3 is 2.08 bits per heavy atom. The number of ether oxygens (including phenoxy) is 2. The third-order valence-electron chi connectivity index (χ3n) is 7.61. The molecule has 222 valence electrons. The van der Waals surface area contributed by atoms with Crippen LogP contribution in [0.25, 0.3) is 0 Å². The Morgan fingerprint density at radius 1 is 0.750 bits per heavy atom. The van der Waals surface area contributed by atoms with E-state index in [0.717, 1.165) is 43.7 Å². The summed E-state index contributed by atoms with van der Waals surface area (Å²) in [5.41, 5.74) is 2.30. The van der Waals surface area contributed by atoms with E-state index in [4.69, 9.17) is 14.3 Å². The van der Waals surface area contributed by atoms with Crippen molar-refractivity contribution in [3.63, 3.8) is 0 Å². The van der Waals surface area contributed by atoms with Gasteiger partial charge < -0.3 is 9.47 Å². The Bertz CT molecular complexity index is 969. The molecule has 2 unspecified atom stereocenters. The van der Waals surface area contributed by atoms with E-state index in [1.165, 1.54) is 37.7 Å². The molecule has 0 aliphatic carbocycles. The summed E-state index contributed by atoms with van der Waals surface area (Å²) in [6.07, 6.45) is 9.27. The highest BCUT2D eigenvalue weighted by molar-refractivity contribution is 5.28. The molecule has 6 nitrogen and oxygen atoms in total. The van der Waals surface area contributed by atoms with E-state index in [2.05, 4.69) is 99.3 Å². The van der Waals surface area contributed by atoms with Crippen molar-refractivity contribution in [2.75, 3.05) is 26.3 Å². The predicted molar refractivity (Wildman–Crippen MR) is 163 cm³/mol. The molecule has 40 heavy (non-hydrogen) atoms. The minimum atomic E-state index is -0.111. The smallest absolute Gasteiger partial charge is 0.272 e. The van der Waals surface area contributed by atoms with Gasteiger partial charge in [0.1, 0.15) is 12.6 Å². The lowest BCUT2D eigenvalue weighted by Crippen LogP contribution is -2.58. The summed E-state index contributed by atoms with van der Waals surface area (Å²) < 4.78 is 13.5. The summed E-state index contributed by atoms with van der Waals surface area (Å²) in [7, 11) is 0. The Hall–Kier alpha value is -2.54. The molecule has 0 bridgehead atoms. The van der Waals surface area contributed by atoms with Gasteiger partial charge in [0.15, 0.2) is 5.76 Å². The van der Waals surface area contributed by atoms with E-state index in [-0.39, 0.29) is 6.04 Å². The second kappa shape index (κ2) is 18.0. The fourth-order valence-electron chi connectivity index (χ4n) is 5.21. The summed E-state index contributed by atoms with van der Waals surface area (Å²) >= 11 is 0. The van der Waals surface area contributed by atoms with Gasteiger partial charge in [0, 0.05) is 13.1 Å². The van der Waals surface area contributed by atoms with Gasteiger partial charge in [-0.3, -0.25) is 4.84 Å². The molecule has 1 aliphatic rings. The first-order valence-corrected chi connectivity index (χ1v) is 15.7. The molecule has 0 fully saturated rings. The monoisotopic (exact) mass is 551 g/mol. The highest BCUT2D eigenvalue weighted by Crippen LogP contribution is 2.40. The largest absolute Gasteiger partial charge is 0.490 e. The molecular formula is C34H53N3O3. The first-order valence-electron chi connectivity index (χ1n) is 15.7. The zero-order valence-corrected chi connectivity index (χ0v) is 25.7. The number of unbranched alkanes of at least 4 members (excludes halogenated alkanes) is 4. The number of likely N-dealkylation sites (N-methyl/N-ethyl adjacent to an activating group) is 1. The Labute approximate surface area is 243 Å². The van der Waals surface area contributed by atoms with Gasteiger partial charge in [0.25, 0.3) is 5.88 Å². The van der Waals surface area contributed by atoms with Crippen LogP contribution in [0.1, 0.15) is 103 Å². The normalized spacial score (nSPS) is 17.3. The molecule has 2 aromatic rings. The van der Waals surface area contributed by atoms with Gasteiger partial charge >= 0.3 is 0 Å². The van der Waals surface area contributed by atoms with Gasteiger partial charge in [-0.05, 0) is 36.8 Å². The maximum absolute atomic E-state index is 6.87. The molecule has 2 atom stereocenters. The number of rotatable bonds is 19. The van der Waals surface area contributed by atoms with Crippen molar-refractivity contribution < 1.29 is 14.3 Å². The summed E-state index contributed by atoms with van der Waals surface area (Å²) in [6, 6.07) is 20.9. The average Bonchev–Trinajstić information content (AvgIpc) is 3.00. The van der Waals surface area contributed by atoms with Crippen LogP contribution in [-0.2, 0) is 20.9 Å². The van der Waals surface area contributed by atoms with E-state index < -0.39 is 0 Å². The second-order valence-electron chi connectivity index (χ2n) is 10.6. The van der Waals surface area contributed by atoms with Gasteiger partial charge in [-0.1, -0.05) is 127 Å². The summed E-state index contributed by atoms with van der Waals surface area (Å²) in [4.78, 5) is 6.53. The van der Waals surface area contributed by atoms with Crippen LogP contribution in [0.3, 0.4) is 0 Å². The van der Waals surface area contributed by atoms with Crippen LogP contribution in [0.4, 0.5) is 0 Å². The zero-order chi connectivity index (χ0) is 28.6. The van der Waals surface area contributed by atoms with Gasteiger partial charge in [-0.15, -0.1) is 10.3 Å². The quantitative estimate of drug-likeness (QED) is 0.163. The first kappa shape index (κ1) is 32.0. The van der Waals surface area contributed by atoms with Crippen LogP contribution < -0.4 is 0 Å². The van der Waals surface area contributed by atoms with Crippen LogP contribution in [-0.4, -0.2) is 41.6 Å². The number of hydrogen-bond acceptors (Lipinski definition) is 6. The lowest BCUT2D eigenvalue weighted by atomic mass is 10.00. The van der Waals surface area contributed by atoms with E-state index in [0.29, 0.717) is 31.6 Å². The van der Waals surface area contributed by atoms with Gasteiger partial charge in [0.2, 0.25) is 0 Å². The average molecular weight is 552 g/mol. The molecule has 0 radical (unpaired) electrons. The van der Waals surface area contributed by atoms with Crippen molar-refractivity contribution in [3.8, 4) is 0 Å². The number of hydroxylamine groups is 1. The molecule has 0 saturated carbocycles. The molecule has 0 spiro atoms. The number of hydrogen-bond donors (Lipinski definition) is 0. The van der Waals surface area contributed by atoms with Gasteiger partial charge in [-0.25, -0.2) is 5.01 Å². The van der Waals surface area contributed by atoms with E-state index in [1.54, 1.807) is 0 Å². The van der Waals surface area contributed by atoms with Crippen LogP contribution in [0.5, 0.6) is 0 Å². The highest BCUT2D eigenvalue weighted by atomic mass is 16.8. The summed E-state index contributed by atoms with van der Waals surface area (Å²) in [5, 5.41) is 6.40. The molecule has 3 rings (SSSR count). The van der Waals surface area contributed by atoms with Crippen molar-refractivity contribution in [2.45, 2.75) is 98.6 Å². The third-order valence-corrected chi connectivity index (χ3v) is 7.61. The van der Waals surface area contributed by atoms with Crippen LogP contribution in [0.15, 0.2) is 72.3 Å². The van der Waals surface area contributed by atoms with Crippen molar-refractivity contribution >= 4 is 0 Å². The lowest BCUT2D eigenvalue weighted by Gasteiger charge is -2.49. The molecule has 0 saturated heterocycles. The van der Waals surface area contributed by atoms with E-state index in [1.807, 2.05) is 11.2 Å². The van der Waals surface area contributed by atoms with Crippen molar-refractivity contribution in [1.82, 2.24) is 15.3 Å². The Kier molecular flexibility index (Phi) is 14.4. The lowest BCUT2D eigenvalue weighted by molar-refractivity contribution is -0.368. The maximum Gasteiger partial charge on any atom is 0.272 e. The Morgan fingerprint density at radius 2 is 1.45 bits per heavy atom. The van der Waals surface area contributed by atoms with E-state index >= 15 is 0 Å². The van der Waals surface area contributed by atoms with Gasteiger partial charge in [0.05, 0.1) is 13.2 Å². The van der Waals surface area contributed by atoms with Crippen molar-refractivity contribution in [2.24, 2.45) is 5.92 Å². The molecular weight excluding hydrogens is 498 g/mol. The summed E-state index contributed by atoms with van der Waals surface area (Å²) in [6.45, 7) is 14.4. The molecule has 2 aromatic carbocycles. The van der Waals surface area contributed by atoms with Crippen LogP contribution in [0, 0.1) is 5.92 Å².